The van der Waals surface area contributed by atoms with Crippen LogP contribution in [0, 0.1) is 0 Å². The quantitative estimate of drug-likeness (QED) is 0.563. The Balaban J connectivity index is 1.41. The fourth-order valence-electron chi connectivity index (χ4n) is 3.96. The molecule has 1 heterocycles. The molecule has 1 saturated heterocycles. The summed E-state index contributed by atoms with van der Waals surface area (Å²) in [7, 11) is -3.27. The lowest BCUT2D eigenvalue weighted by atomic mass is 10.1. The number of anilines is 1. The smallest absolute Gasteiger partial charge is 0.410 e. The highest BCUT2D eigenvalue weighted by Crippen LogP contribution is 2.26. The lowest BCUT2D eigenvalue weighted by Crippen LogP contribution is -2.43. The third-order valence-electron chi connectivity index (χ3n) is 5.74. The molecule has 0 aromatic heterocycles. The number of sulfone groups is 1. The van der Waals surface area contributed by atoms with Crippen molar-refractivity contribution < 1.29 is 22.7 Å². The van der Waals surface area contributed by atoms with Crippen LogP contribution in [0.5, 0.6) is 0 Å². The zero-order chi connectivity index (χ0) is 24.1. The summed E-state index contributed by atoms with van der Waals surface area (Å²) in [6.45, 7) is 0.628. The van der Waals surface area contributed by atoms with Crippen molar-refractivity contribution in [3.05, 3.63) is 84.4 Å². The summed E-state index contributed by atoms with van der Waals surface area (Å²) in [4.78, 5) is 27.3. The van der Waals surface area contributed by atoms with Crippen molar-refractivity contribution >= 4 is 27.5 Å². The van der Waals surface area contributed by atoms with E-state index in [0.717, 1.165) is 23.1 Å². The van der Waals surface area contributed by atoms with Crippen molar-refractivity contribution in [1.29, 1.82) is 0 Å². The Morgan fingerprint density at radius 2 is 1.71 bits per heavy atom. The van der Waals surface area contributed by atoms with Gasteiger partial charge in [0, 0.05) is 18.5 Å². The number of hydrogen-bond donors (Lipinski definition) is 1. The first-order valence-electron chi connectivity index (χ1n) is 11.0. The first-order chi connectivity index (χ1) is 16.3. The number of nitrogens with zero attached hydrogens (tertiary/aromatic N) is 1. The molecule has 0 spiro atoms. The van der Waals surface area contributed by atoms with Gasteiger partial charge in [-0.2, -0.15) is 0 Å². The maximum absolute atomic E-state index is 13.0. The molecule has 8 heteroatoms. The number of hydrogen-bond acceptors (Lipinski definition) is 5. The number of carbonyl (C=O) groups excluding carboxylic acids is 2. The molecule has 3 aromatic rings. The summed E-state index contributed by atoms with van der Waals surface area (Å²) in [6.07, 6.45) is 1.97. The second-order valence-electron chi connectivity index (χ2n) is 8.26. The van der Waals surface area contributed by atoms with E-state index in [1.165, 1.54) is 11.2 Å². The Morgan fingerprint density at radius 1 is 0.971 bits per heavy atom. The topological polar surface area (TPSA) is 92.8 Å². The summed E-state index contributed by atoms with van der Waals surface area (Å²) < 4.78 is 28.8. The minimum atomic E-state index is -3.27. The summed E-state index contributed by atoms with van der Waals surface area (Å²) in [5.74, 6) is -0.265. The van der Waals surface area contributed by atoms with Crippen LogP contribution in [0.15, 0.2) is 83.8 Å². The van der Waals surface area contributed by atoms with Gasteiger partial charge in [-0.1, -0.05) is 54.6 Å². The van der Waals surface area contributed by atoms with Gasteiger partial charge in [0.05, 0.1) is 4.90 Å². The molecule has 34 heavy (non-hydrogen) atoms. The molecule has 0 radical (unpaired) electrons. The molecule has 4 rings (SSSR count). The second kappa shape index (κ2) is 10.1. The van der Waals surface area contributed by atoms with Crippen molar-refractivity contribution in [3.63, 3.8) is 0 Å². The normalized spacial score (nSPS) is 15.7. The lowest BCUT2D eigenvalue weighted by molar-refractivity contribution is -0.120. The van der Waals surface area contributed by atoms with Crippen LogP contribution in [-0.2, 0) is 26.0 Å². The van der Waals surface area contributed by atoms with Gasteiger partial charge in [0.2, 0.25) is 5.91 Å². The van der Waals surface area contributed by atoms with Gasteiger partial charge in [0.1, 0.15) is 12.6 Å². The predicted octanol–water partition coefficient (Wildman–Crippen LogP) is 4.50. The van der Waals surface area contributed by atoms with Crippen LogP contribution in [0.2, 0.25) is 0 Å². The van der Waals surface area contributed by atoms with Gasteiger partial charge in [-0.05, 0) is 53.8 Å². The van der Waals surface area contributed by atoms with E-state index in [4.69, 9.17) is 4.74 Å². The van der Waals surface area contributed by atoms with E-state index in [9.17, 15) is 18.0 Å². The van der Waals surface area contributed by atoms with Gasteiger partial charge in [0.25, 0.3) is 0 Å². The van der Waals surface area contributed by atoms with Crippen LogP contribution in [0.3, 0.4) is 0 Å². The summed E-state index contributed by atoms with van der Waals surface area (Å²) >= 11 is 0. The fourth-order valence-corrected chi connectivity index (χ4v) is 4.59. The average molecular weight is 479 g/mol. The molecule has 2 amide bonds. The summed E-state index contributed by atoms with van der Waals surface area (Å²) in [5, 5.41) is 2.90. The van der Waals surface area contributed by atoms with Crippen LogP contribution in [0.25, 0.3) is 11.1 Å². The predicted molar refractivity (Wildman–Crippen MR) is 130 cm³/mol. The van der Waals surface area contributed by atoms with E-state index < -0.39 is 22.0 Å². The minimum Gasteiger partial charge on any atom is -0.445 e. The molecule has 7 nitrogen and oxygen atoms in total. The highest BCUT2D eigenvalue weighted by Gasteiger charge is 2.35. The molecular weight excluding hydrogens is 452 g/mol. The van der Waals surface area contributed by atoms with Crippen LogP contribution in [0.1, 0.15) is 18.4 Å². The Morgan fingerprint density at radius 3 is 2.41 bits per heavy atom. The van der Waals surface area contributed by atoms with Crippen LogP contribution in [-0.4, -0.2) is 44.2 Å². The average Bonchev–Trinajstić information content (AvgIpc) is 3.33. The van der Waals surface area contributed by atoms with Gasteiger partial charge in [0.15, 0.2) is 9.84 Å². The van der Waals surface area contributed by atoms with E-state index >= 15 is 0 Å². The third-order valence-corrected chi connectivity index (χ3v) is 6.87. The summed E-state index contributed by atoms with van der Waals surface area (Å²) in [5.41, 5.74) is 3.15. The maximum Gasteiger partial charge on any atom is 0.410 e. The first kappa shape index (κ1) is 23.5. The zero-order valence-corrected chi connectivity index (χ0v) is 19.6. The Bertz CT molecular complexity index is 1270. The second-order valence-corrected chi connectivity index (χ2v) is 10.3. The molecule has 0 aliphatic carbocycles. The van der Waals surface area contributed by atoms with E-state index in [1.54, 1.807) is 30.3 Å². The molecule has 3 aromatic carbocycles. The largest absolute Gasteiger partial charge is 0.445 e. The highest BCUT2D eigenvalue weighted by molar-refractivity contribution is 7.90. The molecule has 1 atom stereocenters. The number of likely N-dealkylation sites (tertiary alicyclic amines) is 1. The van der Waals surface area contributed by atoms with Crippen molar-refractivity contribution in [2.45, 2.75) is 30.4 Å². The van der Waals surface area contributed by atoms with Crippen molar-refractivity contribution in [2.24, 2.45) is 0 Å². The van der Waals surface area contributed by atoms with Gasteiger partial charge >= 0.3 is 6.09 Å². The number of rotatable bonds is 6. The SMILES string of the molecule is CS(=O)(=O)c1ccc(-c2cccc(NC(=O)[C@@H]3CCCN3C(=O)OCc3ccccc3)c2)cc1. The molecule has 1 fully saturated rings. The van der Waals surface area contributed by atoms with Crippen LogP contribution < -0.4 is 5.32 Å². The number of amides is 2. The van der Waals surface area contributed by atoms with Gasteiger partial charge in [-0.15, -0.1) is 0 Å². The minimum absolute atomic E-state index is 0.157. The Hall–Kier alpha value is -3.65. The van der Waals surface area contributed by atoms with E-state index in [-0.39, 0.29) is 17.4 Å². The van der Waals surface area contributed by atoms with E-state index in [1.807, 2.05) is 48.5 Å². The lowest BCUT2D eigenvalue weighted by Gasteiger charge is -2.23. The van der Waals surface area contributed by atoms with Gasteiger partial charge in [-0.3, -0.25) is 9.69 Å². The van der Waals surface area contributed by atoms with Crippen LogP contribution >= 0.6 is 0 Å². The number of ether oxygens (including phenoxy) is 1. The van der Waals surface area contributed by atoms with Crippen molar-refractivity contribution in [1.82, 2.24) is 4.90 Å². The van der Waals surface area contributed by atoms with Crippen molar-refractivity contribution in [2.75, 3.05) is 18.1 Å². The maximum atomic E-state index is 13.0. The molecule has 0 bridgehead atoms. The van der Waals surface area contributed by atoms with Crippen molar-refractivity contribution in [3.8, 4) is 11.1 Å². The van der Waals surface area contributed by atoms with E-state index in [2.05, 4.69) is 5.32 Å². The molecule has 1 aliphatic heterocycles. The zero-order valence-electron chi connectivity index (χ0n) is 18.8. The number of benzene rings is 3. The number of nitrogens with one attached hydrogen (secondary N) is 1. The fraction of sp³-hybridized carbons (Fsp3) is 0.231. The molecule has 176 valence electrons. The van der Waals surface area contributed by atoms with Crippen LogP contribution in [0.4, 0.5) is 10.5 Å². The third kappa shape index (κ3) is 5.63. The molecular formula is C26H26N2O5S. The monoisotopic (exact) mass is 478 g/mol. The Kier molecular flexibility index (Phi) is 6.98. The van der Waals surface area contributed by atoms with E-state index in [0.29, 0.717) is 18.7 Å². The molecule has 0 unspecified atom stereocenters. The molecule has 0 saturated carbocycles. The van der Waals surface area contributed by atoms with Gasteiger partial charge in [-0.25, -0.2) is 13.2 Å². The first-order valence-corrected chi connectivity index (χ1v) is 12.9. The molecule has 1 N–H and O–H groups in total. The standard InChI is InChI=1S/C26H26N2O5S/c1-34(31,32)23-14-12-20(13-15-23)21-9-5-10-22(17-21)27-25(29)24-11-6-16-28(24)26(30)33-18-19-7-3-2-4-8-19/h2-5,7-10,12-15,17,24H,6,11,16,18H2,1H3,(H,27,29)/t24-/m0/s1. The highest BCUT2D eigenvalue weighted by atomic mass is 32.2. The Labute approximate surface area is 199 Å². The van der Waals surface area contributed by atoms with Gasteiger partial charge < -0.3 is 10.1 Å². The summed E-state index contributed by atoms with van der Waals surface area (Å²) in [6, 6.07) is 22.7. The molecule has 1 aliphatic rings. The number of carbonyl (C=O) groups is 2.